The van der Waals surface area contributed by atoms with Crippen LogP contribution in [0.1, 0.15) is 16.7 Å². The van der Waals surface area contributed by atoms with Gasteiger partial charge in [0, 0.05) is 12.1 Å². The van der Waals surface area contributed by atoms with Crippen LogP contribution in [0.5, 0.6) is 5.75 Å². The molecule has 78 valence electrons. The van der Waals surface area contributed by atoms with Crippen molar-refractivity contribution in [1.82, 2.24) is 5.48 Å². The molecule has 0 fully saturated rings. The molecule has 3 nitrogen and oxygen atoms in total. The van der Waals surface area contributed by atoms with Crippen molar-refractivity contribution in [3.63, 3.8) is 0 Å². The second-order valence-corrected chi connectivity index (χ2v) is 3.29. The van der Waals surface area contributed by atoms with Crippen molar-refractivity contribution in [3.8, 4) is 5.75 Å². The first-order valence-electron chi connectivity index (χ1n) is 4.59. The molecule has 1 aromatic rings. The van der Waals surface area contributed by atoms with Crippen LogP contribution in [0.25, 0.3) is 0 Å². The van der Waals surface area contributed by atoms with Gasteiger partial charge in [-0.2, -0.15) is 5.48 Å². The molecule has 1 rings (SSSR count). The predicted octanol–water partition coefficient (Wildman–Crippen LogP) is 1.96. The van der Waals surface area contributed by atoms with E-state index in [1.807, 2.05) is 6.07 Å². The molecular formula is C11H17NO2. The molecule has 0 aliphatic rings. The predicted molar refractivity (Wildman–Crippen MR) is 56.3 cm³/mol. The maximum atomic E-state index is 5.31. The highest BCUT2D eigenvalue weighted by Crippen LogP contribution is 2.23. The molecule has 0 aromatic heterocycles. The van der Waals surface area contributed by atoms with Gasteiger partial charge in [0.2, 0.25) is 0 Å². The minimum atomic E-state index is 0.659. The fourth-order valence-electron chi connectivity index (χ4n) is 1.51. The number of benzene rings is 1. The number of rotatable bonds is 4. The van der Waals surface area contributed by atoms with Crippen molar-refractivity contribution >= 4 is 0 Å². The summed E-state index contributed by atoms with van der Waals surface area (Å²) in [5.41, 5.74) is 6.38. The van der Waals surface area contributed by atoms with Crippen molar-refractivity contribution in [2.24, 2.45) is 0 Å². The lowest BCUT2D eigenvalue weighted by Gasteiger charge is -2.12. The molecule has 0 spiro atoms. The Kier molecular flexibility index (Phi) is 3.92. The minimum Gasteiger partial charge on any atom is -0.496 e. The molecule has 0 radical (unpaired) electrons. The Morgan fingerprint density at radius 3 is 2.50 bits per heavy atom. The van der Waals surface area contributed by atoms with Gasteiger partial charge in [-0.05, 0) is 31.0 Å². The maximum Gasteiger partial charge on any atom is 0.123 e. The molecule has 3 heteroatoms. The SMILES string of the molecule is CONCc1c(C)cc(C)cc1OC. The molecule has 0 unspecified atom stereocenters. The van der Waals surface area contributed by atoms with Crippen LogP contribution in [0, 0.1) is 13.8 Å². The largest absolute Gasteiger partial charge is 0.496 e. The first-order chi connectivity index (χ1) is 6.69. The molecule has 0 aliphatic carbocycles. The van der Waals surface area contributed by atoms with E-state index in [2.05, 4.69) is 25.4 Å². The summed E-state index contributed by atoms with van der Waals surface area (Å²) in [6.45, 7) is 4.79. The zero-order valence-electron chi connectivity index (χ0n) is 9.18. The van der Waals surface area contributed by atoms with E-state index in [-0.39, 0.29) is 0 Å². The van der Waals surface area contributed by atoms with Crippen molar-refractivity contribution in [2.45, 2.75) is 20.4 Å². The van der Waals surface area contributed by atoms with Crippen LogP contribution in [-0.4, -0.2) is 14.2 Å². The van der Waals surface area contributed by atoms with Gasteiger partial charge in [0.05, 0.1) is 14.2 Å². The number of hydroxylamine groups is 1. The first kappa shape index (κ1) is 11.0. The van der Waals surface area contributed by atoms with Crippen molar-refractivity contribution in [2.75, 3.05) is 14.2 Å². The Labute approximate surface area is 85.0 Å². The average molecular weight is 195 g/mol. The first-order valence-corrected chi connectivity index (χ1v) is 4.59. The second kappa shape index (κ2) is 4.98. The summed E-state index contributed by atoms with van der Waals surface area (Å²) in [7, 11) is 3.29. The van der Waals surface area contributed by atoms with E-state index >= 15 is 0 Å². The Morgan fingerprint density at radius 1 is 1.21 bits per heavy atom. The topological polar surface area (TPSA) is 30.5 Å². The number of ether oxygens (including phenoxy) is 1. The Bertz CT molecular complexity index is 310. The van der Waals surface area contributed by atoms with Gasteiger partial charge in [-0.1, -0.05) is 6.07 Å². The molecule has 0 heterocycles. The fraction of sp³-hybridized carbons (Fsp3) is 0.455. The summed E-state index contributed by atoms with van der Waals surface area (Å²) in [5, 5.41) is 0. The summed E-state index contributed by atoms with van der Waals surface area (Å²) in [6.07, 6.45) is 0. The zero-order valence-corrected chi connectivity index (χ0v) is 9.18. The molecule has 0 saturated carbocycles. The van der Waals surface area contributed by atoms with Gasteiger partial charge >= 0.3 is 0 Å². The lowest BCUT2D eigenvalue weighted by Crippen LogP contribution is -2.12. The fourth-order valence-corrected chi connectivity index (χ4v) is 1.51. The highest BCUT2D eigenvalue weighted by Gasteiger charge is 2.06. The molecule has 1 aromatic carbocycles. The molecule has 0 aliphatic heterocycles. The van der Waals surface area contributed by atoms with Gasteiger partial charge in [0.1, 0.15) is 5.75 Å². The molecule has 0 saturated heterocycles. The van der Waals surface area contributed by atoms with E-state index in [9.17, 15) is 0 Å². The van der Waals surface area contributed by atoms with E-state index < -0.39 is 0 Å². The summed E-state index contributed by atoms with van der Waals surface area (Å²) in [6, 6.07) is 4.16. The van der Waals surface area contributed by atoms with E-state index in [0.29, 0.717) is 6.54 Å². The standard InChI is InChI=1S/C11H17NO2/c1-8-5-9(2)10(7-12-14-4)11(6-8)13-3/h5-6,12H,7H2,1-4H3. The quantitative estimate of drug-likeness (QED) is 0.745. The second-order valence-electron chi connectivity index (χ2n) is 3.29. The van der Waals surface area contributed by atoms with Gasteiger partial charge in [-0.15, -0.1) is 0 Å². The Hall–Kier alpha value is -1.06. The van der Waals surface area contributed by atoms with E-state index in [4.69, 9.17) is 9.57 Å². The molecule has 1 N–H and O–H groups in total. The molecule has 0 amide bonds. The van der Waals surface area contributed by atoms with Crippen LogP contribution >= 0.6 is 0 Å². The third kappa shape index (κ3) is 2.47. The van der Waals surface area contributed by atoms with Crippen molar-refractivity contribution in [1.29, 1.82) is 0 Å². The smallest absolute Gasteiger partial charge is 0.123 e. The summed E-state index contributed by atoms with van der Waals surface area (Å²) >= 11 is 0. The number of aryl methyl sites for hydroxylation is 2. The third-order valence-electron chi connectivity index (χ3n) is 2.19. The van der Waals surface area contributed by atoms with Gasteiger partial charge in [-0.3, -0.25) is 0 Å². The summed E-state index contributed by atoms with van der Waals surface area (Å²) in [5.74, 6) is 0.909. The van der Waals surface area contributed by atoms with Crippen molar-refractivity contribution in [3.05, 3.63) is 28.8 Å². The highest BCUT2D eigenvalue weighted by molar-refractivity contribution is 5.42. The summed E-state index contributed by atoms with van der Waals surface area (Å²) in [4.78, 5) is 4.82. The van der Waals surface area contributed by atoms with Gasteiger partial charge in [0.15, 0.2) is 0 Å². The van der Waals surface area contributed by atoms with Gasteiger partial charge < -0.3 is 9.57 Å². The number of methoxy groups -OCH3 is 1. The molecule has 0 bridgehead atoms. The van der Waals surface area contributed by atoms with Crippen molar-refractivity contribution < 1.29 is 9.57 Å². The number of hydrogen-bond acceptors (Lipinski definition) is 3. The van der Waals surface area contributed by atoms with E-state index in [1.54, 1.807) is 14.2 Å². The molecular weight excluding hydrogens is 178 g/mol. The van der Waals surface area contributed by atoms with Gasteiger partial charge in [-0.25, -0.2) is 0 Å². The monoisotopic (exact) mass is 195 g/mol. The lowest BCUT2D eigenvalue weighted by atomic mass is 10.0. The number of nitrogens with one attached hydrogen (secondary N) is 1. The van der Waals surface area contributed by atoms with Crippen LogP contribution in [0.2, 0.25) is 0 Å². The van der Waals surface area contributed by atoms with Crippen LogP contribution < -0.4 is 10.2 Å². The third-order valence-corrected chi connectivity index (χ3v) is 2.19. The lowest BCUT2D eigenvalue weighted by molar-refractivity contribution is 0.0860. The highest BCUT2D eigenvalue weighted by atomic mass is 16.6. The number of hydrogen-bond donors (Lipinski definition) is 1. The van der Waals surface area contributed by atoms with E-state index in [0.717, 1.165) is 11.3 Å². The van der Waals surface area contributed by atoms with Crippen LogP contribution in [0.4, 0.5) is 0 Å². The van der Waals surface area contributed by atoms with Crippen LogP contribution in [0.3, 0.4) is 0 Å². The van der Waals surface area contributed by atoms with Gasteiger partial charge in [0.25, 0.3) is 0 Å². The van der Waals surface area contributed by atoms with E-state index in [1.165, 1.54) is 11.1 Å². The summed E-state index contributed by atoms with van der Waals surface area (Å²) < 4.78 is 5.31. The van der Waals surface area contributed by atoms with Crippen LogP contribution in [0.15, 0.2) is 12.1 Å². The normalized spacial score (nSPS) is 10.3. The Balaban J connectivity index is 2.99. The minimum absolute atomic E-state index is 0.659. The van der Waals surface area contributed by atoms with Crippen LogP contribution in [-0.2, 0) is 11.4 Å². The maximum absolute atomic E-state index is 5.31. The average Bonchev–Trinajstić information content (AvgIpc) is 2.15. The zero-order chi connectivity index (χ0) is 10.6. The molecule has 0 atom stereocenters. The Morgan fingerprint density at radius 2 is 1.93 bits per heavy atom. The molecule has 14 heavy (non-hydrogen) atoms.